The lowest BCUT2D eigenvalue weighted by atomic mass is 10.1. The summed E-state index contributed by atoms with van der Waals surface area (Å²) in [4.78, 5) is 4.06. The van der Waals surface area contributed by atoms with Gasteiger partial charge in [0, 0.05) is 12.1 Å². The molecule has 1 aromatic rings. The SMILES string of the molecule is N#Cc1cccc(OCC2CCCCN2)n1. The number of piperidine rings is 1. The van der Waals surface area contributed by atoms with Gasteiger partial charge >= 0.3 is 0 Å². The van der Waals surface area contributed by atoms with Crippen LogP contribution in [-0.2, 0) is 0 Å². The summed E-state index contributed by atoms with van der Waals surface area (Å²) in [5, 5.41) is 12.1. The summed E-state index contributed by atoms with van der Waals surface area (Å²) in [6.07, 6.45) is 3.66. The average Bonchev–Trinajstić information content (AvgIpc) is 2.38. The van der Waals surface area contributed by atoms with E-state index in [1.54, 1.807) is 18.2 Å². The van der Waals surface area contributed by atoms with Crippen LogP contribution in [0.25, 0.3) is 0 Å². The second-order valence-electron chi connectivity index (χ2n) is 3.93. The Labute approximate surface area is 95.3 Å². The largest absolute Gasteiger partial charge is 0.476 e. The number of hydrogen-bond acceptors (Lipinski definition) is 4. The summed E-state index contributed by atoms with van der Waals surface area (Å²) < 4.78 is 5.56. The molecule has 4 nitrogen and oxygen atoms in total. The molecule has 16 heavy (non-hydrogen) atoms. The van der Waals surface area contributed by atoms with Crippen LogP contribution >= 0.6 is 0 Å². The van der Waals surface area contributed by atoms with E-state index in [0.717, 1.165) is 13.0 Å². The average molecular weight is 217 g/mol. The first kappa shape index (κ1) is 10.9. The molecule has 0 radical (unpaired) electrons. The van der Waals surface area contributed by atoms with Crippen molar-refractivity contribution in [2.24, 2.45) is 0 Å². The number of nitriles is 1. The van der Waals surface area contributed by atoms with Gasteiger partial charge in [-0.25, -0.2) is 4.98 Å². The number of nitrogens with zero attached hydrogens (tertiary/aromatic N) is 2. The van der Waals surface area contributed by atoms with Crippen molar-refractivity contribution < 1.29 is 4.74 Å². The molecule has 1 fully saturated rings. The van der Waals surface area contributed by atoms with Gasteiger partial charge in [0.2, 0.25) is 5.88 Å². The molecule has 84 valence electrons. The van der Waals surface area contributed by atoms with Gasteiger partial charge in [0.1, 0.15) is 18.4 Å². The minimum atomic E-state index is 0.397. The Morgan fingerprint density at radius 3 is 3.19 bits per heavy atom. The first-order valence-electron chi connectivity index (χ1n) is 5.62. The van der Waals surface area contributed by atoms with Gasteiger partial charge in [-0.05, 0) is 25.5 Å². The van der Waals surface area contributed by atoms with Crippen molar-refractivity contribution >= 4 is 0 Å². The molecular formula is C12H15N3O. The van der Waals surface area contributed by atoms with Gasteiger partial charge in [0.15, 0.2) is 0 Å². The molecule has 0 aromatic carbocycles. The van der Waals surface area contributed by atoms with Gasteiger partial charge in [0.25, 0.3) is 0 Å². The van der Waals surface area contributed by atoms with E-state index in [1.165, 1.54) is 12.8 Å². The van der Waals surface area contributed by atoms with Crippen molar-refractivity contribution in [2.75, 3.05) is 13.2 Å². The normalized spacial score (nSPS) is 20.1. The van der Waals surface area contributed by atoms with Crippen LogP contribution in [0.3, 0.4) is 0 Å². The third kappa shape index (κ3) is 2.94. The zero-order valence-electron chi connectivity index (χ0n) is 9.15. The van der Waals surface area contributed by atoms with Crippen LogP contribution in [0.2, 0.25) is 0 Å². The molecule has 1 aliphatic rings. The molecule has 1 atom stereocenters. The van der Waals surface area contributed by atoms with E-state index in [2.05, 4.69) is 10.3 Å². The van der Waals surface area contributed by atoms with E-state index in [-0.39, 0.29) is 0 Å². The smallest absolute Gasteiger partial charge is 0.214 e. The summed E-state index contributed by atoms with van der Waals surface area (Å²) in [5.41, 5.74) is 0.397. The molecule has 1 aliphatic heterocycles. The predicted molar refractivity (Wildman–Crippen MR) is 60.1 cm³/mol. The summed E-state index contributed by atoms with van der Waals surface area (Å²) >= 11 is 0. The van der Waals surface area contributed by atoms with E-state index < -0.39 is 0 Å². The van der Waals surface area contributed by atoms with E-state index in [9.17, 15) is 0 Å². The van der Waals surface area contributed by atoms with Crippen LogP contribution < -0.4 is 10.1 Å². The predicted octanol–water partition coefficient (Wildman–Crippen LogP) is 1.47. The number of ether oxygens (including phenoxy) is 1. The van der Waals surface area contributed by atoms with E-state index in [0.29, 0.717) is 24.2 Å². The molecule has 4 heteroatoms. The third-order valence-electron chi connectivity index (χ3n) is 2.68. The standard InChI is InChI=1S/C12H15N3O/c13-8-10-5-3-6-12(15-10)16-9-11-4-1-2-7-14-11/h3,5-6,11,14H,1-2,4,7,9H2. The fraction of sp³-hybridized carbons (Fsp3) is 0.500. The maximum absolute atomic E-state index is 8.70. The van der Waals surface area contributed by atoms with Crippen molar-refractivity contribution in [3.8, 4) is 11.9 Å². The van der Waals surface area contributed by atoms with Crippen molar-refractivity contribution in [2.45, 2.75) is 25.3 Å². The molecule has 0 saturated carbocycles. The van der Waals surface area contributed by atoms with Crippen LogP contribution in [0.15, 0.2) is 18.2 Å². The number of hydrogen-bond donors (Lipinski definition) is 1. The minimum absolute atomic E-state index is 0.397. The molecule has 1 aromatic heterocycles. The fourth-order valence-corrected chi connectivity index (χ4v) is 1.81. The van der Waals surface area contributed by atoms with Gasteiger partial charge in [-0.1, -0.05) is 12.5 Å². The monoisotopic (exact) mass is 217 g/mol. The first-order chi connectivity index (χ1) is 7.88. The third-order valence-corrected chi connectivity index (χ3v) is 2.68. The molecule has 2 heterocycles. The summed E-state index contributed by atoms with van der Waals surface area (Å²) in [6, 6.07) is 7.66. The van der Waals surface area contributed by atoms with Crippen LogP contribution in [-0.4, -0.2) is 24.2 Å². The summed E-state index contributed by atoms with van der Waals surface area (Å²) in [5.74, 6) is 0.534. The lowest BCUT2D eigenvalue weighted by molar-refractivity contribution is 0.232. The number of aromatic nitrogens is 1. The van der Waals surface area contributed by atoms with Gasteiger partial charge in [-0.15, -0.1) is 0 Å². The highest BCUT2D eigenvalue weighted by Crippen LogP contribution is 2.11. The molecule has 0 spiro atoms. The van der Waals surface area contributed by atoms with Gasteiger partial charge in [0.05, 0.1) is 0 Å². The molecule has 0 bridgehead atoms. The van der Waals surface area contributed by atoms with Crippen LogP contribution in [0.4, 0.5) is 0 Å². The molecule has 1 N–H and O–H groups in total. The Kier molecular flexibility index (Phi) is 3.73. The van der Waals surface area contributed by atoms with Crippen LogP contribution in [0.5, 0.6) is 5.88 Å². The molecule has 0 aliphatic carbocycles. The highest BCUT2D eigenvalue weighted by molar-refractivity contribution is 5.24. The number of pyridine rings is 1. The first-order valence-corrected chi connectivity index (χ1v) is 5.62. The Hall–Kier alpha value is -1.60. The van der Waals surface area contributed by atoms with Crippen molar-refractivity contribution in [1.82, 2.24) is 10.3 Å². The minimum Gasteiger partial charge on any atom is -0.476 e. The highest BCUT2D eigenvalue weighted by atomic mass is 16.5. The number of nitrogens with one attached hydrogen (secondary N) is 1. The van der Waals surface area contributed by atoms with Crippen molar-refractivity contribution in [3.63, 3.8) is 0 Å². The molecular weight excluding hydrogens is 202 g/mol. The maximum Gasteiger partial charge on any atom is 0.214 e. The zero-order chi connectivity index (χ0) is 11.2. The highest BCUT2D eigenvalue weighted by Gasteiger charge is 2.13. The summed E-state index contributed by atoms with van der Waals surface area (Å²) in [7, 11) is 0. The van der Waals surface area contributed by atoms with Crippen LogP contribution in [0.1, 0.15) is 25.0 Å². The zero-order valence-corrected chi connectivity index (χ0v) is 9.15. The Balaban J connectivity index is 1.86. The van der Waals surface area contributed by atoms with Crippen LogP contribution in [0, 0.1) is 11.3 Å². The Morgan fingerprint density at radius 1 is 1.50 bits per heavy atom. The topological polar surface area (TPSA) is 57.9 Å². The van der Waals surface area contributed by atoms with Gasteiger partial charge in [-0.3, -0.25) is 0 Å². The molecule has 2 rings (SSSR count). The van der Waals surface area contributed by atoms with Gasteiger partial charge < -0.3 is 10.1 Å². The van der Waals surface area contributed by atoms with E-state index in [4.69, 9.17) is 10.00 Å². The molecule has 0 amide bonds. The number of rotatable bonds is 3. The van der Waals surface area contributed by atoms with E-state index >= 15 is 0 Å². The van der Waals surface area contributed by atoms with Gasteiger partial charge in [-0.2, -0.15) is 5.26 Å². The second-order valence-corrected chi connectivity index (χ2v) is 3.93. The van der Waals surface area contributed by atoms with E-state index in [1.807, 2.05) is 6.07 Å². The lowest BCUT2D eigenvalue weighted by Crippen LogP contribution is -2.38. The van der Waals surface area contributed by atoms with Crippen molar-refractivity contribution in [3.05, 3.63) is 23.9 Å². The Bertz CT molecular complexity index is 380. The quantitative estimate of drug-likeness (QED) is 0.833. The fourth-order valence-electron chi connectivity index (χ4n) is 1.81. The summed E-state index contributed by atoms with van der Waals surface area (Å²) in [6.45, 7) is 1.70. The second kappa shape index (κ2) is 5.47. The molecule has 1 saturated heterocycles. The maximum atomic E-state index is 8.70. The lowest BCUT2D eigenvalue weighted by Gasteiger charge is -2.23. The Morgan fingerprint density at radius 2 is 2.44 bits per heavy atom. The van der Waals surface area contributed by atoms with Crippen molar-refractivity contribution in [1.29, 1.82) is 5.26 Å². The molecule has 1 unspecified atom stereocenters.